The summed E-state index contributed by atoms with van der Waals surface area (Å²) in [7, 11) is -3.52. The fourth-order valence-electron chi connectivity index (χ4n) is 3.39. The summed E-state index contributed by atoms with van der Waals surface area (Å²) in [6.45, 7) is 2.31. The Bertz CT molecular complexity index is 915. The third-order valence-electron chi connectivity index (χ3n) is 4.51. The number of sulfonamides is 1. The largest absolute Gasteiger partial charge is 0.331 e. The highest BCUT2D eigenvalue weighted by Gasteiger charge is 2.37. The SMILES string of the molecule is CC1Cc2ccccc2N1C(=O)C1=CC=CN2CCS(=O)(=O)N=C12. The van der Waals surface area contributed by atoms with Gasteiger partial charge in [0, 0.05) is 24.5 Å². The Morgan fingerprint density at radius 3 is 2.92 bits per heavy atom. The summed E-state index contributed by atoms with van der Waals surface area (Å²) >= 11 is 0. The normalized spacial score (nSPS) is 24.1. The number of amides is 1. The molecule has 3 aliphatic rings. The minimum absolute atomic E-state index is 0.0240. The first-order valence-corrected chi connectivity index (χ1v) is 9.47. The number of carbonyl (C=O) groups is 1. The highest BCUT2D eigenvalue weighted by molar-refractivity contribution is 7.90. The predicted octanol–water partition coefficient (Wildman–Crippen LogP) is 1.46. The van der Waals surface area contributed by atoms with E-state index in [1.165, 1.54) is 0 Å². The van der Waals surface area contributed by atoms with E-state index in [4.69, 9.17) is 0 Å². The molecule has 1 atom stereocenters. The molecule has 0 N–H and O–H groups in total. The Morgan fingerprint density at radius 2 is 2.08 bits per heavy atom. The van der Waals surface area contributed by atoms with Crippen LogP contribution < -0.4 is 4.90 Å². The summed E-state index contributed by atoms with van der Waals surface area (Å²) in [5.74, 6) is -0.0198. The van der Waals surface area contributed by atoms with Gasteiger partial charge in [0.25, 0.3) is 15.9 Å². The molecule has 1 aromatic rings. The van der Waals surface area contributed by atoms with Gasteiger partial charge < -0.3 is 9.80 Å². The average molecular weight is 343 g/mol. The third-order valence-corrected chi connectivity index (χ3v) is 5.66. The first-order chi connectivity index (χ1) is 11.5. The van der Waals surface area contributed by atoms with Crippen LogP contribution in [0.25, 0.3) is 0 Å². The molecule has 0 fully saturated rings. The third kappa shape index (κ3) is 2.36. The van der Waals surface area contributed by atoms with E-state index < -0.39 is 10.0 Å². The van der Waals surface area contributed by atoms with Crippen molar-refractivity contribution in [3.63, 3.8) is 0 Å². The molecule has 0 bridgehead atoms. The van der Waals surface area contributed by atoms with Crippen LogP contribution in [0.1, 0.15) is 12.5 Å². The number of anilines is 1. The average Bonchev–Trinajstić information content (AvgIpc) is 2.88. The molecule has 0 aromatic heterocycles. The number of allylic oxidation sites excluding steroid dienone is 2. The first kappa shape index (κ1) is 15.1. The molecule has 0 saturated carbocycles. The van der Waals surface area contributed by atoms with Crippen LogP contribution in [-0.4, -0.2) is 43.4 Å². The van der Waals surface area contributed by atoms with Crippen LogP contribution in [0, 0.1) is 0 Å². The van der Waals surface area contributed by atoms with Gasteiger partial charge in [0.05, 0.1) is 11.3 Å². The maximum Gasteiger partial charge on any atom is 0.262 e. The van der Waals surface area contributed by atoms with Gasteiger partial charge in [-0.25, -0.2) is 8.42 Å². The van der Waals surface area contributed by atoms with Crippen molar-refractivity contribution >= 4 is 27.5 Å². The van der Waals surface area contributed by atoms with E-state index in [1.807, 2.05) is 31.2 Å². The lowest BCUT2D eigenvalue weighted by molar-refractivity contribution is -0.115. The number of carbonyl (C=O) groups excluding carboxylic acids is 1. The molecule has 1 aromatic carbocycles. The van der Waals surface area contributed by atoms with Crippen molar-refractivity contribution in [3.8, 4) is 0 Å². The van der Waals surface area contributed by atoms with Crippen molar-refractivity contribution in [2.45, 2.75) is 19.4 Å². The molecule has 3 heterocycles. The molecule has 24 heavy (non-hydrogen) atoms. The van der Waals surface area contributed by atoms with Gasteiger partial charge in [0.1, 0.15) is 0 Å². The number of hydrogen-bond donors (Lipinski definition) is 0. The molecular weight excluding hydrogens is 326 g/mol. The molecule has 0 spiro atoms. The summed E-state index contributed by atoms with van der Waals surface area (Å²) < 4.78 is 27.6. The van der Waals surface area contributed by atoms with Crippen molar-refractivity contribution in [2.24, 2.45) is 4.40 Å². The molecule has 3 aliphatic heterocycles. The highest BCUT2D eigenvalue weighted by Crippen LogP contribution is 2.33. The van der Waals surface area contributed by atoms with Crippen molar-refractivity contribution < 1.29 is 13.2 Å². The molecule has 0 aliphatic carbocycles. The number of hydrogen-bond acceptors (Lipinski definition) is 4. The molecule has 6 nitrogen and oxygen atoms in total. The van der Waals surface area contributed by atoms with E-state index >= 15 is 0 Å². The van der Waals surface area contributed by atoms with Crippen LogP contribution in [0.15, 0.2) is 52.6 Å². The Kier molecular flexibility index (Phi) is 3.35. The monoisotopic (exact) mass is 343 g/mol. The first-order valence-electron chi connectivity index (χ1n) is 7.86. The van der Waals surface area contributed by atoms with Crippen LogP contribution in [0.4, 0.5) is 5.69 Å². The Morgan fingerprint density at radius 1 is 1.29 bits per heavy atom. The molecule has 7 heteroatoms. The van der Waals surface area contributed by atoms with Gasteiger partial charge in [-0.2, -0.15) is 0 Å². The number of rotatable bonds is 1. The van der Waals surface area contributed by atoms with Crippen molar-refractivity contribution in [1.29, 1.82) is 0 Å². The minimum atomic E-state index is -3.52. The summed E-state index contributed by atoms with van der Waals surface area (Å²) in [6, 6.07) is 7.83. The zero-order chi connectivity index (χ0) is 16.9. The zero-order valence-electron chi connectivity index (χ0n) is 13.2. The van der Waals surface area contributed by atoms with Crippen LogP contribution in [0.5, 0.6) is 0 Å². The lowest BCUT2D eigenvalue weighted by atomic mass is 10.1. The lowest BCUT2D eigenvalue weighted by Gasteiger charge is -2.31. The topological polar surface area (TPSA) is 70.1 Å². The summed E-state index contributed by atoms with van der Waals surface area (Å²) in [5.41, 5.74) is 2.33. The highest BCUT2D eigenvalue weighted by atomic mass is 32.2. The van der Waals surface area contributed by atoms with Gasteiger partial charge >= 0.3 is 0 Å². The zero-order valence-corrected chi connectivity index (χ0v) is 14.0. The van der Waals surface area contributed by atoms with Crippen LogP contribution in [0.2, 0.25) is 0 Å². The van der Waals surface area contributed by atoms with E-state index in [-0.39, 0.29) is 23.5 Å². The van der Waals surface area contributed by atoms with E-state index in [9.17, 15) is 13.2 Å². The molecule has 1 amide bonds. The van der Waals surface area contributed by atoms with Crippen molar-refractivity contribution in [1.82, 2.24) is 4.90 Å². The van der Waals surface area contributed by atoms with Crippen LogP contribution in [0.3, 0.4) is 0 Å². The second kappa shape index (κ2) is 5.31. The smallest absolute Gasteiger partial charge is 0.262 e. The van der Waals surface area contributed by atoms with Crippen molar-refractivity contribution in [2.75, 3.05) is 17.2 Å². The molecule has 124 valence electrons. The van der Waals surface area contributed by atoms with Crippen LogP contribution in [-0.2, 0) is 21.2 Å². The lowest BCUT2D eigenvalue weighted by Crippen LogP contribution is -2.45. The number of para-hydroxylation sites is 1. The van der Waals surface area contributed by atoms with Gasteiger partial charge in [0.15, 0.2) is 5.84 Å². The van der Waals surface area contributed by atoms with E-state index in [2.05, 4.69) is 4.40 Å². The number of amidine groups is 1. The Hall–Kier alpha value is -2.41. The standard InChI is InChI=1S/C17H17N3O3S/c1-12-11-13-5-2-3-7-15(13)20(12)17(21)14-6-4-8-19-9-10-24(22,23)18-16(14)19/h2-8,12H,9-11H2,1H3. The fraction of sp³-hybridized carbons (Fsp3) is 0.294. The quantitative estimate of drug-likeness (QED) is 0.774. The van der Waals surface area contributed by atoms with Gasteiger partial charge in [-0.05, 0) is 37.1 Å². The van der Waals surface area contributed by atoms with E-state index in [0.29, 0.717) is 12.1 Å². The Balaban J connectivity index is 1.76. The molecular formula is C17H17N3O3S. The Labute approximate surface area is 140 Å². The fourth-order valence-corrected chi connectivity index (χ4v) is 4.37. The summed E-state index contributed by atoms with van der Waals surface area (Å²) in [6.07, 6.45) is 5.95. The molecule has 0 radical (unpaired) electrons. The van der Waals surface area contributed by atoms with Crippen LogP contribution >= 0.6 is 0 Å². The van der Waals surface area contributed by atoms with Gasteiger partial charge in [-0.1, -0.05) is 18.2 Å². The predicted molar refractivity (Wildman–Crippen MR) is 92.2 cm³/mol. The number of fused-ring (bicyclic) bond motifs is 2. The maximum atomic E-state index is 13.2. The molecule has 1 unspecified atom stereocenters. The number of nitrogens with zero attached hydrogens (tertiary/aromatic N) is 3. The van der Waals surface area contributed by atoms with Gasteiger partial charge in [-0.3, -0.25) is 4.79 Å². The summed E-state index contributed by atoms with van der Waals surface area (Å²) in [4.78, 5) is 16.6. The molecule has 4 rings (SSSR count). The van der Waals surface area contributed by atoms with E-state index in [0.717, 1.165) is 17.7 Å². The van der Waals surface area contributed by atoms with Crippen molar-refractivity contribution in [3.05, 3.63) is 53.8 Å². The van der Waals surface area contributed by atoms with Gasteiger partial charge in [-0.15, -0.1) is 4.40 Å². The second-order valence-electron chi connectivity index (χ2n) is 6.17. The maximum absolute atomic E-state index is 13.2. The van der Waals surface area contributed by atoms with Gasteiger partial charge in [0.2, 0.25) is 0 Å². The molecule has 0 saturated heterocycles. The van der Waals surface area contributed by atoms with E-state index in [1.54, 1.807) is 28.2 Å². The minimum Gasteiger partial charge on any atom is -0.331 e. The summed E-state index contributed by atoms with van der Waals surface area (Å²) in [5, 5.41) is 0. The second-order valence-corrected chi connectivity index (χ2v) is 7.93. The number of benzene rings is 1.